The molecule has 1 aromatic rings. The van der Waals surface area contributed by atoms with Gasteiger partial charge in [0.2, 0.25) is 5.88 Å². The fourth-order valence-corrected chi connectivity index (χ4v) is 2.12. The summed E-state index contributed by atoms with van der Waals surface area (Å²) in [5.74, 6) is 1.37. The summed E-state index contributed by atoms with van der Waals surface area (Å²) in [6.45, 7) is 4.35. The van der Waals surface area contributed by atoms with Crippen LogP contribution in [0.3, 0.4) is 0 Å². The van der Waals surface area contributed by atoms with Crippen LogP contribution in [0.4, 0.5) is 5.82 Å². The molecule has 1 fully saturated rings. The standard InChI is InChI=1S/C11H16BrN3O2/c1-2-13-10-9(12)11(15-7-14-10)17-8-3-5-16-6-4-8/h7-8H,2-6H2,1H3,(H,13,14,15). The Labute approximate surface area is 109 Å². The van der Waals surface area contributed by atoms with Crippen molar-refractivity contribution < 1.29 is 9.47 Å². The highest BCUT2D eigenvalue weighted by Gasteiger charge is 2.18. The van der Waals surface area contributed by atoms with Crippen molar-refractivity contribution in [1.82, 2.24) is 9.97 Å². The number of nitrogens with zero attached hydrogens (tertiary/aromatic N) is 2. The van der Waals surface area contributed by atoms with Crippen LogP contribution in [-0.4, -0.2) is 35.8 Å². The molecule has 1 aromatic heterocycles. The minimum atomic E-state index is 0.185. The van der Waals surface area contributed by atoms with E-state index >= 15 is 0 Å². The summed E-state index contributed by atoms with van der Waals surface area (Å²) in [7, 11) is 0. The molecule has 0 aliphatic carbocycles. The van der Waals surface area contributed by atoms with Crippen LogP contribution >= 0.6 is 15.9 Å². The summed E-state index contributed by atoms with van der Waals surface area (Å²) in [4.78, 5) is 8.30. The first-order chi connectivity index (χ1) is 8.31. The molecule has 1 N–H and O–H groups in total. The molecule has 5 nitrogen and oxygen atoms in total. The Kier molecular flexibility index (Phi) is 4.56. The van der Waals surface area contributed by atoms with Gasteiger partial charge in [0.1, 0.15) is 22.7 Å². The van der Waals surface area contributed by atoms with Gasteiger partial charge in [-0.1, -0.05) is 0 Å². The number of rotatable bonds is 4. The smallest absolute Gasteiger partial charge is 0.233 e. The van der Waals surface area contributed by atoms with Gasteiger partial charge < -0.3 is 14.8 Å². The van der Waals surface area contributed by atoms with Gasteiger partial charge in [-0.15, -0.1) is 0 Å². The Hall–Kier alpha value is -0.880. The topological polar surface area (TPSA) is 56.3 Å². The highest BCUT2D eigenvalue weighted by molar-refractivity contribution is 9.10. The lowest BCUT2D eigenvalue weighted by Gasteiger charge is -2.23. The minimum Gasteiger partial charge on any atom is -0.473 e. The number of anilines is 1. The molecule has 1 saturated heterocycles. The first-order valence-electron chi connectivity index (χ1n) is 5.80. The van der Waals surface area contributed by atoms with Crippen molar-refractivity contribution in [2.24, 2.45) is 0 Å². The average molecular weight is 302 g/mol. The Balaban J connectivity index is 2.06. The van der Waals surface area contributed by atoms with Crippen molar-refractivity contribution in [3.63, 3.8) is 0 Å². The van der Waals surface area contributed by atoms with E-state index in [9.17, 15) is 0 Å². The third-order valence-corrected chi connectivity index (χ3v) is 3.26. The predicted molar refractivity (Wildman–Crippen MR) is 68.4 cm³/mol. The van der Waals surface area contributed by atoms with E-state index in [0.717, 1.165) is 42.9 Å². The van der Waals surface area contributed by atoms with Crippen LogP contribution in [0.1, 0.15) is 19.8 Å². The maximum atomic E-state index is 5.86. The number of nitrogens with one attached hydrogen (secondary N) is 1. The van der Waals surface area contributed by atoms with Crippen molar-refractivity contribution in [3.05, 3.63) is 10.8 Å². The molecule has 17 heavy (non-hydrogen) atoms. The normalized spacial score (nSPS) is 16.8. The third-order valence-electron chi connectivity index (χ3n) is 2.55. The van der Waals surface area contributed by atoms with Gasteiger partial charge in [-0.25, -0.2) is 9.97 Å². The summed E-state index contributed by atoms with van der Waals surface area (Å²) in [5.41, 5.74) is 0. The molecule has 0 atom stereocenters. The van der Waals surface area contributed by atoms with E-state index in [4.69, 9.17) is 9.47 Å². The fourth-order valence-electron chi connectivity index (χ4n) is 1.68. The van der Waals surface area contributed by atoms with Crippen LogP contribution in [-0.2, 0) is 4.74 Å². The Morgan fingerprint density at radius 1 is 1.47 bits per heavy atom. The number of hydrogen-bond donors (Lipinski definition) is 1. The predicted octanol–water partition coefficient (Wildman–Crippen LogP) is 2.23. The first-order valence-corrected chi connectivity index (χ1v) is 6.59. The number of aromatic nitrogens is 2. The highest BCUT2D eigenvalue weighted by atomic mass is 79.9. The molecule has 1 aliphatic rings. The Bertz CT molecular complexity index is 370. The summed E-state index contributed by atoms with van der Waals surface area (Å²) in [6.07, 6.45) is 3.52. The van der Waals surface area contributed by atoms with Crippen LogP contribution < -0.4 is 10.1 Å². The largest absolute Gasteiger partial charge is 0.473 e. The minimum absolute atomic E-state index is 0.185. The molecule has 0 aromatic carbocycles. The lowest BCUT2D eigenvalue weighted by Crippen LogP contribution is -2.26. The summed E-state index contributed by atoms with van der Waals surface area (Å²) in [5, 5.41) is 3.15. The second-order valence-electron chi connectivity index (χ2n) is 3.80. The number of ether oxygens (including phenoxy) is 2. The molecule has 0 spiro atoms. The van der Waals surface area contributed by atoms with Gasteiger partial charge in [0, 0.05) is 19.4 Å². The maximum absolute atomic E-state index is 5.86. The highest BCUT2D eigenvalue weighted by Crippen LogP contribution is 2.30. The zero-order valence-electron chi connectivity index (χ0n) is 9.78. The van der Waals surface area contributed by atoms with Crippen molar-refractivity contribution >= 4 is 21.7 Å². The van der Waals surface area contributed by atoms with Gasteiger partial charge in [-0.05, 0) is 22.9 Å². The summed E-state index contributed by atoms with van der Waals surface area (Å²) >= 11 is 3.47. The van der Waals surface area contributed by atoms with Crippen LogP contribution in [0.25, 0.3) is 0 Å². The molecule has 0 bridgehead atoms. The second-order valence-corrected chi connectivity index (χ2v) is 4.59. The molecule has 2 heterocycles. The SMILES string of the molecule is CCNc1ncnc(OC2CCOCC2)c1Br. The van der Waals surface area contributed by atoms with Gasteiger partial charge in [-0.3, -0.25) is 0 Å². The molecule has 94 valence electrons. The Morgan fingerprint density at radius 2 is 2.24 bits per heavy atom. The zero-order valence-corrected chi connectivity index (χ0v) is 11.4. The quantitative estimate of drug-likeness (QED) is 0.924. The van der Waals surface area contributed by atoms with Gasteiger partial charge in [0.05, 0.1) is 13.2 Å². The zero-order chi connectivity index (χ0) is 12.1. The summed E-state index contributed by atoms with van der Waals surface area (Å²) < 4.78 is 11.9. The molecule has 0 amide bonds. The van der Waals surface area contributed by atoms with E-state index in [-0.39, 0.29) is 6.10 Å². The van der Waals surface area contributed by atoms with E-state index in [0.29, 0.717) is 5.88 Å². The van der Waals surface area contributed by atoms with Crippen molar-refractivity contribution in [3.8, 4) is 5.88 Å². The van der Waals surface area contributed by atoms with Crippen LogP contribution in [0, 0.1) is 0 Å². The van der Waals surface area contributed by atoms with E-state index < -0.39 is 0 Å². The van der Waals surface area contributed by atoms with Gasteiger partial charge in [0.25, 0.3) is 0 Å². The molecule has 0 saturated carbocycles. The average Bonchev–Trinajstić information content (AvgIpc) is 2.36. The number of halogens is 1. The van der Waals surface area contributed by atoms with Crippen molar-refractivity contribution in [2.75, 3.05) is 25.1 Å². The Morgan fingerprint density at radius 3 is 2.94 bits per heavy atom. The molecule has 0 unspecified atom stereocenters. The molecular weight excluding hydrogens is 286 g/mol. The van der Waals surface area contributed by atoms with Crippen molar-refractivity contribution in [1.29, 1.82) is 0 Å². The van der Waals surface area contributed by atoms with E-state index in [2.05, 4.69) is 31.2 Å². The summed E-state index contributed by atoms with van der Waals surface area (Å²) in [6, 6.07) is 0. The van der Waals surface area contributed by atoms with E-state index in [1.54, 1.807) is 0 Å². The van der Waals surface area contributed by atoms with Crippen LogP contribution in [0.2, 0.25) is 0 Å². The lowest BCUT2D eigenvalue weighted by atomic mass is 10.2. The number of hydrogen-bond acceptors (Lipinski definition) is 5. The second kappa shape index (κ2) is 6.16. The third kappa shape index (κ3) is 3.29. The molecular formula is C11H16BrN3O2. The van der Waals surface area contributed by atoms with Gasteiger partial charge in [0.15, 0.2) is 0 Å². The first kappa shape index (κ1) is 12.6. The van der Waals surface area contributed by atoms with Gasteiger partial charge >= 0.3 is 0 Å². The maximum Gasteiger partial charge on any atom is 0.233 e. The fraction of sp³-hybridized carbons (Fsp3) is 0.636. The molecule has 6 heteroatoms. The lowest BCUT2D eigenvalue weighted by molar-refractivity contribution is 0.0234. The van der Waals surface area contributed by atoms with Gasteiger partial charge in [-0.2, -0.15) is 0 Å². The molecule has 1 aliphatic heterocycles. The van der Waals surface area contributed by atoms with E-state index in [1.165, 1.54) is 6.33 Å². The van der Waals surface area contributed by atoms with Crippen LogP contribution in [0.5, 0.6) is 5.88 Å². The van der Waals surface area contributed by atoms with E-state index in [1.807, 2.05) is 6.92 Å². The van der Waals surface area contributed by atoms with Crippen LogP contribution in [0.15, 0.2) is 10.8 Å². The molecule has 0 radical (unpaired) electrons. The monoisotopic (exact) mass is 301 g/mol. The molecule has 2 rings (SSSR count). The van der Waals surface area contributed by atoms with Crippen molar-refractivity contribution in [2.45, 2.75) is 25.9 Å².